The van der Waals surface area contributed by atoms with Crippen molar-refractivity contribution in [3.05, 3.63) is 29.8 Å². The van der Waals surface area contributed by atoms with E-state index in [2.05, 4.69) is 17.0 Å². The van der Waals surface area contributed by atoms with Crippen molar-refractivity contribution in [1.29, 1.82) is 0 Å². The first-order valence-electron chi connectivity index (χ1n) is 6.30. The highest BCUT2D eigenvalue weighted by atomic mass is 32.2. The van der Waals surface area contributed by atoms with Crippen LogP contribution in [0.5, 0.6) is 0 Å². The molecule has 0 spiro atoms. The first kappa shape index (κ1) is 15.0. The summed E-state index contributed by atoms with van der Waals surface area (Å²) in [6, 6.07) is 7.48. The first-order valence-corrected chi connectivity index (χ1v) is 7.85. The van der Waals surface area contributed by atoms with E-state index in [9.17, 15) is 8.42 Å². The lowest BCUT2D eigenvalue weighted by Crippen LogP contribution is -2.34. The number of hydrogen-bond acceptors (Lipinski definition) is 3. The molecule has 4 nitrogen and oxygen atoms in total. The fourth-order valence-electron chi connectivity index (χ4n) is 1.53. The highest BCUT2D eigenvalue weighted by Crippen LogP contribution is 2.13. The second-order valence-corrected chi connectivity index (χ2v) is 6.41. The summed E-state index contributed by atoms with van der Waals surface area (Å²) in [5, 5.41) is 2.58. The number of nitrogens with one attached hydrogen (secondary N) is 2. The number of aryl methyl sites for hydroxylation is 1. The summed E-state index contributed by atoms with van der Waals surface area (Å²) < 4.78 is 26.6. The van der Waals surface area contributed by atoms with E-state index < -0.39 is 15.3 Å². The van der Waals surface area contributed by atoms with Crippen molar-refractivity contribution in [2.45, 2.75) is 32.4 Å². The minimum absolute atomic E-state index is 0.455. The molecule has 5 heteroatoms. The number of hydrogen-bond donors (Lipinski definition) is 2. The van der Waals surface area contributed by atoms with Crippen LogP contribution < -0.4 is 10.0 Å². The van der Waals surface area contributed by atoms with Crippen LogP contribution in [0, 0.1) is 0 Å². The Kier molecular flexibility index (Phi) is 5.62. The SMILES string of the molecule is CCNCC(C)S(=O)(=O)Nc1ccc(CC)cc1. The maximum atomic E-state index is 12.0. The second kappa shape index (κ2) is 6.75. The predicted octanol–water partition coefficient (Wildman–Crippen LogP) is 1.99. The molecule has 1 unspecified atom stereocenters. The molecule has 0 saturated heterocycles. The Labute approximate surface area is 110 Å². The van der Waals surface area contributed by atoms with E-state index >= 15 is 0 Å². The Morgan fingerprint density at radius 3 is 2.28 bits per heavy atom. The van der Waals surface area contributed by atoms with E-state index in [1.807, 2.05) is 19.1 Å². The third-order valence-electron chi connectivity index (χ3n) is 2.83. The molecule has 0 heterocycles. The lowest BCUT2D eigenvalue weighted by molar-refractivity contribution is 0.579. The molecule has 0 bridgehead atoms. The molecule has 1 aromatic rings. The molecule has 1 aromatic carbocycles. The van der Waals surface area contributed by atoms with Crippen LogP contribution in [0.1, 0.15) is 26.3 Å². The first-order chi connectivity index (χ1) is 8.49. The van der Waals surface area contributed by atoms with Gasteiger partial charge in [-0.15, -0.1) is 0 Å². The lowest BCUT2D eigenvalue weighted by atomic mass is 10.2. The molecular formula is C13H22N2O2S. The molecule has 2 N–H and O–H groups in total. The number of sulfonamides is 1. The predicted molar refractivity (Wildman–Crippen MR) is 76.4 cm³/mol. The molecule has 0 fully saturated rings. The Morgan fingerprint density at radius 2 is 1.78 bits per heavy atom. The van der Waals surface area contributed by atoms with Crippen LogP contribution in [0.3, 0.4) is 0 Å². The van der Waals surface area contributed by atoms with Gasteiger partial charge in [0.2, 0.25) is 10.0 Å². The fourth-order valence-corrected chi connectivity index (χ4v) is 2.53. The van der Waals surface area contributed by atoms with Crippen LogP contribution in [0.4, 0.5) is 5.69 Å². The Morgan fingerprint density at radius 1 is 1.17 bits per heavy atom. The van der Waals surface area contributed by atoms with Crippen molar-refractivity contribution in [2.75, 3.05) is 17.8 Å². The van der Waals surface area contributed by atoms with E-state index in [1.54, 1.807) is 19.1 Å². The molecule has 102 valence electrons. The van der Waals surface area contributed by atoms with Gasteiger partial charge in [-0.05, 0) is 37.6 Å². The van der Waals surface area contributed by atoms with Crippen LogP contribution in [0.15, 0.2) is 24.3 Å². The third-order valence-corrected chi connectivity index (χ3v) is 4.58. The molecule has 0 radical (unpaired) electrons. The fraction of sp³-hybridized carbons (Fsp3) is 0.538. The quantitative estimate of drug-likeness (QED) is 0.796. The standard InChI is InChI=1S/C13H22N2O2S/c1-4-12-6-8-13(9-7-12)15-18(16,17)11(3)10-14-5-2/h6-9,11,14-15H,4-5,10H2,1-3H3. The summed E-state index contributed by atoms with van der Waals surface area (Å²) in [4.78, 5) is 0. The maximum Gasteiger partial charge on any atom is 0.236 e. The van der Waals surface area contributed by atoms with Gasteiger partial charge in [0.1, 0.15) is 0 Å². The Bertz CT molecular complexity index is 454. The van der Waals surface area contributed by atoms with Gasteiger partial charge in [0.05, 0.1) is 5.25 Å². The highest BCUT2D eigenvalue weighted by Gasteiger charge is 2.19. The molecule has 0 amide bonds. The third kappa shape index (κ3) is 4.31. The van der Waals surface area contributed by atoms with E-state index in [1.165, 1.54) is 5.56 Å². The number of anilines is 1. The van der Waals surface area contributed by atoms with Crippen molar-refractivity contribution < 1.29 is 8.42 Å². The van der Waals surface area contributed by atoms with Crippen LogP contribution >= 0.6 is 0 Å². The van der Waals surface area contributed by atoms with Crippen molar-refractivity contribution in [2.24, 2.45) is 0 Å². The Hall–Kier alpha value is -1.07. The molecule has 18 heavy (non-hydrogen) atoms. The minimum Gasteiger partial charge on any atom is -0.316 e. The van der Waals surface area contributed by atoms with Gasteiger partial charge >= 0.3 is 0 Å². The summed E-state index contributed by atoms with van der Waals surface area (Å²) >= 11 is 0. The zero-order valence-electron chi connectivity index (χ0n) is 11.2. The molecule has 0 saturated carbocycles. The topological polar surface area (TPSA) is 58.2 Å². The van der Waals surface area contributed by atoms with Crippen molar-refractivity contribution in [3.8, 4) is 0 Å². The van der Waals surface area contributed by atoms with Gasteiger partial charge in [-0.25, -0.2) is 8.42 Å². The van der Waals surface area contributed by atoms with Crippen LogP contribution in [0.2, 0.25) is 0 Å². The monoisotopic (exact) mass is 270 g/mol. The van der Waals surface area contributed by atoms with Crippen molar-refractivity contribution >= 4 is 15.7 Å². The molecule has 0 aliphatic carbocycles. The van der Waals surface area contributed by atoms with E-state index in [4.69, 9.17) is 0 Å². The number of benzene rings is 1. The zero-order valence-corrected chi connectivity index (χ0v) is 12.0. The molecule has 0 aromatic heterocycles. The average molecular weight is 270 g/mol. The number of rotatable bonds is 7. The minimum atomic E-state index is -3.32. The van der Waals surface area contributed by atoms with Gasteiger partial charge in [0.25, 0.3) is 0 Å². The molecule has 0 aliphatic rings. The van der Waals surface area contributed by atoms with Crippen LogP contribution in [-0.4, -0.2) is 26.8 Å². The molecule has 1 atom stereocenters. The van der Waals surface area contributed by atoms with Crippen molar-refractivity contribution in [1.82, 2.24) is 5.32 Å². The highest BCUT2D eigenvalue weighted by molar-refractivity contribution is 7.93. The zero-order chi connectivity index (χ0) is 13.6. The van der Waals surface area contributed by atoms with Gasteiger partial charge in [0.15, 0.2) is 0 Å². The van der Waals surface area contributed by atoms with Gasteiger partial charge in [-0.1, -0.05) is 26.0 Å². The summed E-state index contributed by atoms with van der Waals surface area (Å²) in [6.07, 6.45) is 0.948. The average Bonchev–Trinajstić information content (AvgIpc) is 2.36. The normalized spacial score (nSPS) is 13.3. The van der Waals surface area contributed by atoms with E-state index in [0.717, 1.165) is 13.0 Å². The van der Waals surface area contributed by atoms with Gasteiger partial charge in [-0.2, -0.15) is 0 Å². The summed E-state index contributed by atoms with van der Waals surface area (Å²) in [5.74, 6) is 0. The molecular weight excluding hydrogens is 248 g/mol. The van der Waals surface area contributed by atoms with Gasteiger partial charge in [-0.3, -0.25) is 4.72 Å². The lowest BCUT2D eigenvalue weighted by Gasteiger charge is -2.15. The molecule has 0 aliphatic heterocycles. The largest absolute Gasteiger partial charge is 0.316 e. The second-order valence-electron chi connectivity index (χ2n) is 4.32. The Balaban J connectivity index is 2.69. The van der Waals surface area contributed by atoms with E-state index in [0.29, 0.717) is 12.2 Å². The van der Waals surface area contributed by atoms with E-state index in [-0.39, 0.29) is 0 Å². The summed E-state index contributed by atoms with van der Waals surface area (Å²) in [7, 11) is -3.32. The van der Waals surface area contributed by atoms with Crippen LogP contribution in [-0.2, 0) is 16.4 Å². The summed E-state index contributed by atoms with van der Waals surface area (Å²) in [5.41, 5.74) is 1.81. The van der Waals surface area contributed by atoms with Gasteiger partial charge in [0, 0.05) is 12.2 Å². The van der Waals surface area contributed by atoms with Crippen LogP contribution in [0.25, 0.3) is 0 Å². The summed E-state index contributed by atoms with van der Waals surface area (Å²) in [6.45, 7) is 6.95. The smallest absolute Gasteiger partial charge is 0.236 e. The maximum absolute atomic E-state index is 12.0. The van der Waals surface area contributed by atoms with Gasteiger partial charge < -0.3 is 5.32 Å². The van der Waals surface area contributed by atoms with Crippen molar-refractivity contribution in [3.63, 3.8) is 0 Å². The molecule has 1 rings (SSSR count).